The predicted molar refractivity (Wildman–Crippen MR) is 151 cm³/mol. The molecule has 2 N–H and O–H groups in total. The van der Waals surface area contributed by atoms with Crippen LogP contribution in [0.25, 0.3) is 11.0 Å². The number of amides is 3. The summed E-state index contributed by atoms with van der Waals surface area (Å²) < 4.78 is 7.90. The number of para-hydroxylation sites is 2. The van der Waals surface area contributed by atoms with Gasteiger partial charge in [0, 0.05) is 18.1 Å². The molecule has 0 fully saturated rings. The van der Waals surface area contributed by atoms with Gasteiger partial charge in [0.15, 0.2) is 0 Å². The lowest BCUT2D eigenvalue weighted by molar-refractivity contribution is -0.137. The van der Waals surface area contributed by atoms with Gasteiger partial charge < -0.3 is 24.8 Å². The first-order valence-electron chi connectivity index (χ1n) is 13.4. The van der Waals surface area contributed by atoms with Crippen molar-refractivity contribution in [3.05, 3.63) is 58.9 Å². The second-order valence-electron chi connectivity index (χ2n) is 10.4. The SMILES string of the molecule is Cc1nc2ccccc2n1CC(=O)N1CCCCNC(=O)c2cc(Cl)ccc2OC[C@H](CC(C)C)NC(=O)C1. The van der Waals surface area contributed by atoms with Gasteiger partial charge in [0.05, 0.1) is 29.2 Å². The summed E-state index contributed by atoms with van der Waals surface area (Å²) in [5, 5.41) is 6.41. The molecule has 10 heteroatoms. The molecule has 0 bridgehead atoms. The quantitative estimate of drug-likeness (QED) is 0.509. The Hall–Kier alpha value is -3.59. The molecule has 3 amide bonds. The lowest BCUT2D eigenvalue weighted by atomic mass is 10.0. The number of carbonyl (C=O) groups is 3. The molecule has 0 radical (unpaired) electrons. The smallest absolute Gasteiger partial charge is 0.255 e. The number of nitrogens with zero attached hydrogens (tertiary/aromatic N) is 3. The summed E-state index contributed by atoms with van der Waals surface area (Å²) in [6.45, 7) is 7.02. The van der Waals surface area contributed by atoms with Crippen molar-refractivity contribution in [2.75, 3.05) is 26.2 Å². The second kappa shape index (κ2) is 13.0. The maximum atomic E-state index is 13.5. The third-order valence-corrected chi connectivity index (χ3v) is 6.95. The predicted octanol–water partition coefficient (Wildman–Crippen LogP) is 3.96. The van der Waals surface area contributed by atoms with Crippen LogP contribution >= 0.6 is 11.6 Å². The molecule has 208 valence electrons. The number of ether oxygens (including phenoxy) is 1. The highest BCUT2D eigenvalue weighted by atomic mass is 35.5. The standard InChI is InChI=1S/C29H36ClN5O4/c1-19(2)14-22-18-39-26-11-10-21(30)15-23(26)29(38)31-12-6-7-13-34(16-27(36)33-22)28(37)17-35-20(3)32-24-8-4-5-9-25(24)35/h4-5,8-11,15,19,22H,6-7,12-14,16-18H2,1-3H3,(H,31,38)(H,33,36)/t22-/m0/s1. The average Bonchev–Trinajstić information content (AvgIpc) is 3.20. The molecule has 9 nitrogen and oxygen atoms in total. The molecule has 0 spiro atoms. The number of hydrogen-bond donors (Lipinski definition) is 2. The van der Waals surface area contributed by atoms with Gasteiger partial charge >= 0.3 is 0 Å². The zero-order chi connectivity index (χ0) is 27.9. The molecule has 0 aliphatic carbocycles. The van der Waals surface area contributed by atoms with Gasteiger partial charge in [-0.1, -0.05) is 37.6 Å². The minimum atomic E-state index is -0.300. The first-order valence-corrected chi connectivity index (χ1v) is 13.8. The fraction of sp³-hybridized carbons (Fsp3) is 0.448. The fourth-order valence-corrected chi connectivity index (χ4v) is 5.00. The third kappa shape index (κ3) is 7.50. The van der Waals surface area contributed by atoms with Crippen LogP contribution in [0.5, 0.6) is 5.75 Å². The number of halogens is 1. The number of imidazole rings is 1. The van der Waals surface area contributed by atoms with Crippen LogP contribution in [0.2, 0.25) is 5.02 Å². The van der Waals surface area contributed by atoms with Gasteiger partial charge in [-0.15, -0.1) is 0 Å². The zero-order valence-corrected chi connectivity index (χ0v) is 23.5. The average molecular weight is 554 g/mol. The van der Waals surface area contributed by atoms with Crippen LogP contribution in [0, 0.1) is 12.8 Å². The summed E-state index contributed by atoms with van der Waals surface area (Å²) in [6, 6.07) is 12.3. The van der Waals surface area contributed by atoms with E-state index in [1.165, 1.54) is 0 Å². The van der Waals surface area contributed by atoms with E-state index in [0.717, 1.165) is 16.9 Å². The highest BCUT2D eigenvalue weighted by Gasteiger charge is 2.23. The molecule has 0 saturated carbocycles. The van der Waals surface area contributed by atoms with Crippen molar-refractivity contribution in [2.24, 2.45) is 5.92 Å². The van der Waals surface area contributed by atoms with Gasteiger partial charge in [0.2, 0.25) is 11.8 Å². The highest BCUT2D eigenvalue weighted by molar-refractivity contribution is 6.31. The molecule has 1 atom stereocenters. The lowest BCUT2D eigenvalue weighted by Gasteiger charge is -2.26. The molecule has 1 aliphatic heterocycles. The Morgan fingerprint density at radius 3 is 2.77 bits per heavy atom. The van der Waals surface area contributed by atoms with E-state index in [4.69, 9.17) is 16.3 Å². The molecule has 0 saturated heterocycles. The Morgan fingerprint density at radius 2 is 1.97 bits per heavy atom. The van der Waals surface area contributed by atoms with Crippen LogP contribution in [0.4, 0.5) is 0 Å². The number of fused-ring (bicyclic) bond motifs is 2. The first kappa shape index (κ1) is 28.4. The van der Waals surface area contributed by atoms with Crippen LogP contribution < -0.4 is 15.4 Å². The van der Waals surface area contributed by atoms with Crippen molar-refractivity contribution in [2.45, 2.75) is 52.6 Å². The Morgan fingerprint density at radius 1 is 1.18 bits per heavy atom. The third-order valence-electron chi connectivity index (χ3n) is 6.71. The molecular weight excluding hydrogens is 518 g/mol. The topological polar surface area (TPSA) is 106 Å². The van der Waals surface area contributed by atoms with E-state index >= 15 is 0 Å². The number of rotatable bonds is 4. The number of carbonyl (C=O) groups excluding carboxylic acids is 3. The van der Waals surface area contributed by atoms with E-state index in [1.54, 1.807) is 23.1 Å². The van der Waals surface area contributed by atoms with Crippen molar-refractivity contribution < 1.29 is 19.1 Å². The van der Waals surface area contributed by atoms with E-state index < -0.39 is 0 Å². The van der Waals surface area contributed by atoms with Gasteiger partial charge in [-0.05, 0) is 62.4 Å². The van der Waals surface area contributed by atoms with Gasteiger partial charge in [0.1, 0.15) is 24.7 Å². The Labute approximate surface area is 233 Å². The number of aromatic nitrogens is 2. The van der Waals surface area contributed by atoms with Gasteiger partial charge in [0.25, 0.3) is 5.91 Å². The van der Waals surface area contributed by atoms with E-state index in [1.807, 2.05) is 35.8 Å². The van der Waals surface area contributed by atoms with E-state index in [0.29, 0.717) is 54.6 Å². The summed E-state index contributed by atoms with van der Waals surface area (Å²) in [5.74, 6) is 0.762. The van der Waals surface area contributed by atoms with Crippen molar-refractivity contribution >= 4 is 40.4 Å². The van der Waals surface area contributed by atoms with Crippen LogP contribution in [0.15, 0.2) is 42.5 Å². The highest BCUT2D eigenvalue weighted by Crippen LogP contribution is 2.24. The fourth-order valence-electron chi connectivity index (χ4n) is 4.83. The minimum absolute atomic E-state index is 0.0579. The lowest BCUT2D eigenvalue weighted by Crippen LogP contribution is -2.47. The van der Waals surface area contributed by atoms with Gasteiger partial charge in [-0.2, -0.15) is 0 Å². The largest absolute Gasteiger partial charge is 0.491 e. The number of nitrogens with one attached hydrogen (secondary N) is 2. The summed E-state index contributed by atoms with van der Waals surface area (Å²) in [4.78, 5) is 45.7. The van der Waals surface area contributed by atoms with Crippen LogP contribution in [0.3, 0.4) is 0 Å². The molecule has 1 aromatic heterocycles. The van der Waals surface area contributed by atoms with E-state index in [2.05, 4.69) is 29.5 Å². The summed E-state index contributed by atoms with van der Waals surface area (Å²) in [7, 11) is 0. The molecule has 1 aliphatic rings. The molecule has 2 aromatic carbocycles. The van der Waals surface area contributed by atoms with Crippen LogP contribution in [-0.2, 0) is 16.1 Å². The molecule has 0 unspecified atom stereocenters. The Bertz CT molecular complexity index is 1340. The number of aryl methyl sites for hydroxylation is 1. The molecule has 4 rings (SSSR count). The molecular formula is C29H36ClN5O4. The van der Waals surface area contributed by atoms with Crippen molar-refractivity contribution in [1.29, 1.82) is 0 Å². The number of hydrogen-bond acceptors (Lipinski definition) is 5. The first-order chi connectivity index (χ1) is 18.7. The molecule has 2 heterocycles. The Balaban J connectivity index is 1.53. The number of benzene rings is 2. The van der Waals surface area contributed by atoms with Crippen molar-refractivity contribution in [3.8, 4) is 5.75 Å². The summed E-state index contributed by atoms with van der Waals surface area (Å²) in [5.41, 5.74) is 2.06. The van der Waals surface area contributed by atoms with Crippen LogP contribution in [-0.4, -0.2) is 64.5 Å². The van der Waals surface area contributed by atoms with Crippen molar-refractivity contribution in [3.63, 3.8) is 0 Å². The van der Waals surface area contributed by atoms with Gasteiger partial charge in [-0.3, -0.25) is 14.4 Å². The van der Waals surface area contributed by atoms with Crippen molar-refractivity contribution in [1.82, 2.24) is 25.1 Å². The molecule has 3 aromatic rings. The minimum Gasteiger partial charge on any atom is -0.491 e. The Kier molecular flexibility index (Phi) is 9.45. The zero-order valence-electron chi connectivity index (χ0n) is 22.7. The maximum absolute atomic E-state index is 13.5. The van der Waals surface area contributed by atoms with Crippen LogP contribution in [0.1, 0.15) is 49.3 Å². The summed E-state index contributed by atoms with van der Waals surface area (Å²) >= 11 is 6.16. The summed E-state index contributed by atoms with van der Waals surface area (Å²) in [6.07, 6.45) is 1.93. The molecule has 39 heavy (non-hydrogen) atoms. The second-order valence-corrected chi connectivity index (χ2v) is 10.8. The monoisotopic (exact) mass is 553 g/mol. The normalized spacial score (nSPS) is 17.6. The maximum Gasteiger partial charge on any atom is 0.255 e. The van der Waals surface area contributed by atoms with E-state index in [-0.39, 0.29) is 43.5 Å². The van der Waals surface area contributed by atoms with E-state index in [9.17, 15) is 14.4 Å². The van der Waals surface area contributed by atoms with Gasteiger partial charge in [-0.25, -0.2) is 4.98 Å².